The van der Waals surface area contributed by atoms with Crippen molar-refractivity contribution >= 4 is 10.3 Å². The van der Waals surface area contributed by atoms with E-state index < -0.39 is 10.3 Å². The second-order valence-corrected chi connectivity index (χ2v) is 2.59. The lowest BCUT2D eigenvalue weighted by atomic mass is 11.0. The molecule has 0 unspecified atom stereocenters. The van der Waals surface area contributed by atoms with Crippen LogP contribution in [-0.2, 0) is 10.3 Å². The molecular formula is C3H3NO4S. The summed E-state index contributed by atoms with van der Waals surface area (Å²) in [6, 6.07) is 0. The highest BCUT2D eigenvalue weighted by atomic mass is 32.2. The molecule has 0 bridgehead atoms. The van der Waals surface area contributed by atoms with Crippen molar-refractivity contribution in [3.8, 4) is 0 Å². The molecule has 0 N–H and O–H groups in total. The Balaban J connectivity index is 3.20. The van der Waals surface area contributed by atoms with Gasteiger partial charge in [0, 0.05) is 0 Å². The van der Waals surface area contributed by atoms with Gasteiger partial charge < -0.3 is 8.97 Å². The second-order valence-electron chi connectivity index (χ2n) is 1.31. The van der Waals surface area contributed by atoms with Gasteiger partial charge in [-0.2, -0.15) is 8.42 Å². The summed E-state index contributed by atoms with van der Waals surface area (Å²) in [7, 11) is -4.39. The fourth-order valence-electron chi connectivity index (χ4n) is 0.353. The molecule has 1 aromatic heterocycles. The van der Waals surface area contributed by atoms with Gasteiger partial charge in [0.2, 0.25) is 6.20 Å². The maximum atomic E-state index is 10.0. The molecule has 0 aromatic carbocycles. The van der Waals surface area contributed by atoms with Gasteiger partial charge in [-0.1, -0.05) is 3.97 Å². The number of aromatic nitrogens is 1. The van der Waals surface area contributed by atoms with Gasteiger partial charge >= 0.3 is 16.7 Å². The van der Waals surface area contributed by atoms with Crippen molar-refractivity contribution in [3.05, 3.63) is 18.9 Å². The van der Waals surface area contributed by atoms with Gasteiger partial charge in [-0.25, -0.2) is 0 Å². The molecule has 0 radical (unpaired) electrons. The summed E-state index contributed by atoms with van der Waals surface area (Å²) in [5.41, 5.74) is 0. The lowest BCUT2D eigenvalue weighted by Crippen LogP contribution is -2.39. The summed E-state index contributed by atoms with van der Waals surface area (Å²) in [6.45, 7) is 0. The van der Waals surface area contributed by atoms with Crippen molar-refractivity contribution in [3.63, 3.8) is 0 Å². The topological polar surface area (TPSA) is 74.2 Å². The molecule has 50 valence electrons. The van der Waals surface area contributed by atoms with E-state index >= 15 is 0 Å². The molecule has 0 spiro atoms. The Morgan fingerprint density at radius 1 is 1.56 bits per heavy atom. The molecule has 0 saturated carbocycles. The van der Waals surface area contributed by atoms with E-state index in [1.165, 1.54) is 0 Å². The highest BCUT2D eigenvalue weighted by Gasteiger charge is 2.07. The predicted molar refractivity (Wildman–Crippen MR) is 24.0 cm³/mol. The van der Waals surface area contributed by atoms with Crippen molar-refractivity contribution in [2.75, 3.05) is 0 Å². The first kappa shape index (κ1) is 6.24. The summed E-state index contributed by atoms with van der Waals surface area (Å²) >= 11 is 0. The van der Waals surface area contributed by atoms with Crippen molar-refractivity contribution in [1.82, 2.24) is 0 Å². The van der Waals surface area contributed by atoms with E-state index in [0.29, 0.717) is 3.97 Å². The van der Waals surface area contributed by atoms with Gasteiger partial charge in [-0.15, -0.1) is 0 Å². The van der Waals surface area contributed by atoms with Crippen LogP contribution in [0, 0.1) is 0 Å². The SMILES string of the molecule is O=S(=O)([O-])[n+]1ccoc1. The summed E-state index contributed by atoms with van der Waals surface area (Å²) in [6.07, 6.45) is 2.92. The second kappa shape index (κ2) is 1.82. The average Bonchev–Trinajstić information content (AvgIpc) is 2.08. The maximum absolute atomic E-state index is 10.0. The number of rotatable bonds is 1. The van der Waals surface area contributed by atoms with Crippen molar-refractivity contribution in [2.45, 2.75) is 0 Å². The largest absolute Gasteiger partial charge is 0.693 e. The Morgan fingerprint density at radius 2 is 2.22 bits per heavy atom. The van der Waals surface area contributed by atoms with Crippen LogP contribution in [0.2, 0.25) is 0 Å². The van der Waals surface area contributed by atoms with Gasteiger partial charge in [0.1, 0.15) is 0 Å². The van der Waals surface area contributed by atoms with Crippen LogP contribution in [-0.4, -0.2) is 13.0 Å². The predicted octanol–water partition coefficient (Wildman–Crippen LogP) is -1.12. The molecule has 1 heterocycles. The molecule has 5 nitrogen and oxygen atoms in total. The van der Waals surface area contributed by atoms with Crippen LogP contribution in [0.3, 0.4) is 0 Å². The number of hydrogen-bond acceptors (Lipinski definition) is 4. The third-order valence-electron chi connectivity index (χ3n) is 0.709. The van der Waals surface area contributed by atoms with Gasteiger partial charge in [0.15, 0.2) is 6.26 Å². The summed E-state index contributed by atoms with van der Waals surface area (Å²) < 4.78 is 34.9. The lowest BCUT2D eigenvalue weighted by molar-refractivity contribution is -0.523. The van der Waals surface area contributed by atoms with Crippen LogP contribution >= 0.6 is 0 Å². The minimum atomic E-state index is -4.39. The Labute approximate surface area is 51.4 Å². The van der Waals surface area contributed by atoms with E-state index in [4.69, 9.17) is 0 Å². The first-order valence-electron chi connectivity index (χ1n) is 2.00. The number of oxazole rings is 1. The fraction of sp³-hybridized carbons (Fsp3) is 0. The van der Waals surface area contributed by atoms with E-state index in [1.54, 1.807) is 0 Å². The van der Waals surface area contributed by atoms with Crippen molar-refractivity contribution < 1.29 is 21.4 Å². The summed E-state index contributed by atoms with van der Waals surface area (Å²) in [4.78, 5) is 0. The van der Waals surface area contributed by atoms with E-state index in [9.17, 15) is 13.0 Å². The molecular weight excluding hydrogens is 146 g/mol. The van der Waals surface area contributed by atoms with Gasteiger partial charge in [-0.3, -0.25) is 0 Å². The minimum Gasteiger partial charge on any atom is -0.693 e. The Morgan fingerprint density at radius 3 is 2.44 bits per heavy atom. The van der Waals surface area contributed by atoms with Crippen LogP contribution in [0.25, 0.3) is 0 Å². The van der Waals surface area contributed by atoms with Crippen LogP contribution < -0.4 is 3.97 Å². The zero-order valence-electron chi connectivity index (χ0n) is 4.22. The molecule has 1 aromatic rings. The van der Waals surface area contributed by atoms with E-state index in [1.807, 2.05) is 0 Å². The first-order chi connectivity index (χ1) is 4.11. The van der Waals surface area contributed by atoms with Crippen molar-refractivity contribution in [1.29, 1.82) is 0 Å². The third kappa shape index (κ3) is 1.27. The molecule has 0 aliphatic rings. The monoisotopic (exact) mass is 149 g/mol. The Kier molecular flexibility index (Phi) is 1.26. The first-order valence-corrected chi connectivity index (χ1v) is 3.37. The van der Waals surface area contributed by atoms with Crippen LogP contribution in [0.5, 0.6) is 0 Å². The average molecular weight is 149 g/mol. The Bertz CT molecular complexity index is 273. The highest BCUT2D eigenvalue weighted by Crippen LogP contribution is 1.78. The van der Waals surface area contributed by atoms with Gasteiger partial charge in [0.05, 0.1) is 0 Å². The molecule has 0 atom stereocenters. The van der Waals surface area contributed by atoms with E-state index in [2.05, 4.69) is 4.42 Å². The van der Waals surface area contributed by atoms with Crippen LogP contribution in [0.1, 0.15) is 0 Å². The smallest absolute Gasteiger partial charge is 0.351 e. The number of hydrogen-bond donors (Lipinski definition) is 0. The zero-order chi connectivity index (χ0) is 6.91. The van der Waals surface area contributed by atoms with Gasteiger partial charge in [-0.05, 0) is 0 Å². The number of nitrogens with zero attached hydrogens (tertiary/aromatic N) is 1. The Hall–Kier alpha value is -0.880. The molecule has 6 heteroatoms. The maximum Gasteiger partial charge on any atom is 0.351 e. The summed E-state index contributed by atoms with van der Waals surface area (Å²) in [5.74, 6) is 0. The zero-order valence-corrected chi connectivity index (χ0v) is 5.04. The lowest BCUT2D eigenvalue weighted by Gasteiger charge is -1.92. The molecule has 0 saturated heterocycles. The van der Waals surface area contributed by atoms with Crippen LogP contribution in [0.15, 0.2) is 23.3 Å². The fourth-order valence-corrected chi connectivity index (χ4v) is 0.706. The van der Waals surface area contributed by atoms with E-state index in [-0.39, 0.29) is 0 Å². The summed E-state index contributed by atoms with van der Waals surface area (Å²) in [5, 5.41) is 0. The molecule has 9 heavy (non-hydrogen) atoms. The minimum absolute atomic E-state index is 0.437. The van der Waals surface area contributed by atoms with E-state index in [0.717, 1.165) is 18.9 Å². The van der Waals surface area contributed by atoms with Gasteiger partial charge in [0.25, 0.3) is 0 Å². The molecule has 0 aliphatic heterocycles. The third-order valence-corrected chi connectivity index (χ3v) is 1.43. The molecule has 0 amide bonds. The molecule has 1 rings (SSSR count). The normalized spacial score (nSPS) is 11.7. The molecule has 0 aliphatic carbocycles. The molecule has 0 fully saturated rings. The standard InChI is InChI=1S/C3H3NO4S/c5-9(6,7)4-1-2-8-3-4/h1-3H. The highest BCUT2D eigenvalue weighted by molar-refractivity contribution is 7.78. The quantitative estimate of drug-likeness (QED) is 0.374. The van der Waals surface area contributed by atoms with Crippen LogP contribution in [0.4, 0.5) is 0 Å². The van der Waals surface area contributed by atoms with Crippen molar-refractivity contribution in [2.24, 2.45) is 0 Å².